The molecule has 0 saturated carbocycles. The summed E-state index contributed by atoms with van der Waals surface area (Å²) in [6.45, 7) is 0. The first kappa shape index (κ1) is 34.3. The van der Waals surface area contributed by atoms with Gasteiger partial charge in [0.15, 0.2) is 5.75 Å². The smallest absolute Gasteiger partial charge is 0.449 e. The van der Waals surface area contributed by atoms with E-state index in [4.69, 9.17) is 9.81 Å². The Morgan fingerprint density at radius 3 is 1.28 bits per heavy atom. The topological polar surface area (TPSA) is 93.1 Å². The van der Waals surface area contributed by atoms with Crippen LogP contribution in [0.1, 0.15) is 0 Å². The number of hydrogen-bond donors (Lipinski definition) is 2. The van der Waals surface area contributed by atoms with Crippen molar-refractivity contribution in [3.63, 3.8) is 0 Å². The molecule has 0 spiro atoms. The van der Waals surface area contributed by atoms with Gasteiger partial charge in [0.05, 0.1) is 5.57 Å². The molecule has 0 saturated heterocycles. The Balaban J connectivity index is 4.55. The summed E-state index contributed by atoms with van der Waals surface area (Å²) < 4.78 is 262. The fourth-order valence-corrected chi connectivity index (χ4v) is 3.23. The number of benzene rings is 1. The van der Waals surface area contributed by atoms with Crippen LogP contribution >= 0.6 is 0 Å². The van der Waals surface area contributed by atoms with Crippen molar-refractivity contribution >= 4 is 10.1 Å². The molecule has 1 rings (SSSR count). The van der Waals surface area contributed by atoms with E-state index in [2.05, 4.69) is 9.62 Å². The molecule has 0 aliphatic heterocycles. The second kappa shape index (κ2) is 9.71. The van der Waals surface area contributed by atoms with Crippen LogP contribution in [0.4, 0.5) is 74.6 Å². The summed E-state index contributed by atoms with van der Waals surface area (Å²) in [6, 6.07) is -1.23. The zero-order valence-corrected chi connectivity index (χ0v) is 17.9. The van der Waals surface area contributed by atoms with Crippen molar-refractivity contribution < 1.29 is 102 Å². The molecule has 1 aromatic rings. The zero-order chi connectivity index (χ0) is 31.4. The van der Waals surface area contributed by atoms with Crippen LogP contribution < -0.4 is 9.62 Å². The molecule has 1 aromatic carbocycles. The minimum atomic E-state index is -8.42. The van der Waals surface area contributed by atoms with Crippen LogP contribution in [0.15, 0.2) is 34.4 Å². The van der Waals surface area contributed by atoms with Gasteiger partial charge in [0, 0.05) is 6.07 Å². The maximum atomic E-state index is 14.6. The molecule has 0 aliphatic carbocycles. The van der Waals surface area contributed by atoms with Crippen molar-refractivity contribution in [3.05, 3.63) is 29.5 Å². The highest BCUT2D eigenvalue weighted by Crippen LogP contribution is 2.63. The highest BCUT2D eigenvalue weighted by molar-refractivity contribution is 7.86. The molecule has 0 heterocycles. The molecule has 0 aromatic heterocycles. The molecular weight excluding hydrogens is 631 g/mol. The van der Waals surface area contributed by atoms with E-state index in [9.17, 15) is 83.1 Å². The Kier molecular flexibility index (Phi) is 8.53. The predicted octanol–water partition coefficient (Wildman–Crippen LogP) is 6.65. The van der Waals surface area contributed by atoms with Crippen molar-refractivity contribution in [3.8, 4) is 11.5 Å². The molecule has 0 unspecified atom stereocenters. The van der Waals surface area contributed by atoms with Gasteiger partial charge in [0.2, 0.25) is 5.76 Å². The number of ether oxygens (including phenoxy) is 1. The molecule has 2 N–H and O–H groups in total. The normalized spacial score (nSPS) is 14.7. The Labute approximate surface area is 201 Å². The van der Waals surface area contributed by atoms with Gasteiger partial charge < -0.3 is 9.62 Å². The minimum absolute atomic E-state index is 0.268. The third-order valence-electron chi connectivity index (χ3n) is 4.25. The van der Waals surface area contributed by atoms with E-state index in [1.165, 1.54) is 0 Å². The van der Waals surface area contributed by atoms with Gasteiger partial charge in [0.25, 0.3) is 10.1 Å². The summed E-state index contributed by atoms with van der Waals surface area (Å²) >= 11 is 0. The van der Waals surface area contributed by atoms with E-state index >= 15 is 0 Å². The maximum absolute atomic E-state index is 14.6. The summed E-state index contributed by atoms with van der Waals surface area (Å²) in [4.78, 5) is 1.52. The SMILES string of the molecule is O=S(=O)(O)c1ccc(OC(=C(C(F)(C(F)(F)F)C(F)(F)F)C(F)(C(F)(F)F)C(F)(F)F)C(F)(F)F)cc1OO. The number of halogens is 17. The molecule has 6 nitrogen and oxygen atoms in total. The molecule has 0 amide bonds. The van der Waals surface area contributed by atoms with Gasteiger partial charge >= 0.3 is 42.2 Å². The lowest BCUT2D eigenvalue weighted by molar-refractivity contribution is -0.365. The van der Waals surface area contributed by atoms with Crippen LogP contribution in [-0.2, 0) is 10.1 Å². The maximum Gasteiger partial charge on any atom is 0.449 e. The minimum Gasteiger partial charge on any atom is -0.452 e. The summed E-state index contributed by atoms with van der Waals surface area (Å²) in [6.07, 6.45) is -40.3. The van der Waals surface area contributed by atoms with Crippen LogP contribution in [0.2, 0.25) is 0 Å². The second-order valence-electron chi connectivity index (χ2n) is 6.79. The summed E-state index contributed by atoms with van der Waals surface area (Å²) in [5.41, 5.74) is -22.6. The Hall–Kier alpha value is -2.76. The van der Waals surface area contributed by atoms with Crippen molar-refractivity contribution in [2.45, 2.75) is 47.1 Å². The van der Waals surface area contributed by atoms with E-state index in [1.807, 2.05) is 0 Å². The van der Waals surface area contributed by atoms with Gasteiger partial charge in [-0.15, -0.1) is 0 Å². The lowest BCUT2D eigenvalue weighted by Crippen LogP contribution is -2.67. The standard InChI is InChI=1S/C15H5F17O6S/c16-9(12(21,22)23,13(24,25)26)7(10(17,14(27,28)29)15(30,31)32)8(11(18,19)20)37-4-1-2-6(39(34,35)36)5(3-4)38-33/h1-3,33H,(H,34,35,36). The Morgan fingerprint density at radius 1 is 0.667 bits per heavy atom. The van der Waals surface area contributed by atoms with Crippen LogP contribution in [-0.4, -0.2) is 60.4 Å². The van der Waals surface area contributed by atoms with Crippen LogP contribution in [0, 0.1) is 0 Å². The number of allylic oxidation sites excluding steroid dienone is 2. The van der Waals surface area contributed by atoms with Gasteiger partial charge in [-0.3, -0.25) is 4.55 Å². The lowest BCUT2D eigenvalue weighted by atomic mass is 9.79. The predicted molar refractivity (Wildman–Crippen MR) is 85.1 cm³/mol. The van der Waals surface area contributed by atoms with E-state index in [1.54, 1.807) is 0 Å². The molecule has 0 bridgehead atoms. The third-order valence-corrected chi connectivity index (χ3v) is 5.14. The largest absolute Gasteiger partial charge is 0.452 e. The molecule has 0 fully saturated rings. The van der Waals surface area contributed by atoms with E-state index < -0.39 is 92.2 Å². The average molecular weight is 636 g/mol. The fraction of sp³-hybridized carbons (Fsp3) is 0.467. The van der Waals surface area contributed by atoms with Crippen LogP contribution in [0.5, 0.6) is 11.5 Å². The second-order valence-corrected chi connectivity index (χ2v) is 8.18. The molecular formula is C15H5F17O6S. The summed E-state index contributed by atoms with van der Waals surface area (Å²) in [5, 5.41) is 8.51. The first-order valence-corrected chi connectivity index (χ1v) is 9.91. The van der Waals surface area contributed by atoms with Crippen molar-refractivity contribution in [1.82, 2.24) is 0 Å². The van der Waals surface area contributed by atoms with Gasteiger partial charge in [-0.1, -0.05) is 0 Å². The first-order chi connectivity index (χ1) is 16.9. The summed E-state index contributed by atoms with van der Waals surface area (Å²) in [7, 11) is -5.55. The van der Waals surface area contributed by atoms with Crippen molar-refractivity contribution in [2.24, 2.45) is 0 Å². The van der Waals surface area contributed by atoms with Gasteiger partial charge in [0.1, 0.15) is 10.6 Å². The van der Waals surface area contributed by atoms with E-state index in [0.717, 1.165) is 0 Å². The Bertz CT molecular complexity index is 1140. The van der Waals surface area contributed by atoms with Gasteiger partial charge in [-0.25, -0.2) is 14.0 Å². The van der Waals surface area contributed by atoms with E-state index in [-0.39, 0.29) is 6.07 Å². The molecule has 0 radical (unpaired) electrons. The fourth-order valence-electron chi connectivity index (χ4n) is 2.64. The number of alkyl halides is 17. The lowest BCUT2D eigenvalue weighted by Gasteiger charge is -2.41. The Morgan fingerprint density at radius 2 is 1.03 bits per heavy atom. The summed E-state index contributed by atoms with van der Waals surface area (Å²) in [5.74, 6) is -8.93. The van der Waals surface area contributed by atoms with Crippen molar-refractivity contribution in [1.29, 1.82) is 0 Å². The molecule has 0 atom stereocenters. The molecule has 0 aliphatic rings. The van der Waals surface area contributed by atoms with Crippen LogP contribution in [0.25, 0.3) is 0 Å². The van der Waals surface area contributed by atoms with Crippen LogP contribution in [0.3, 0.4) is 0 Å². The number of hydrogen-bond acceptors (Lipinski definition) is 5. The quantitative estimate of drug-likeness (QED) is 0.120. The third kappa shape index (κ3) is 6.05. The first-order valence-electron chi connectivity index (χ1n) is 8.47. The van der Waals surface area contributed by atoms with Gasteiger partial charge in [-0.2, -0.15) is 74.3 Å². The molecule has 39 heavy (non-hydrogen) atoms. The number of rotatable bonds is 6. The van der Waals surface area contributed by atoms with E-state index in [0.29, 0.717) is 0 Å². The molecule has 24 heteroatoms. The molecule has 226 valence electrons. The van der Waals surface area contributed by atoms with Crippen molar-refractivity contribution in [2.75, 3.05) is 0 Å². The zero-order valence-electron chi connectivity index (χ0n) is 17.1. The monoisotopic (exact) mass is 636 g/mol. The highest BCUT2D eigenvalue weighted by Gasteiger charge is 2.88. The highest BCUT2D eigenvalue weighted by atomic mass is 32.2. The van der Waals surface area contributed by atoms with Gasteiger partial charge in [-0.05, 0) is 12.1 Å². The average Bonchev–Trinajstić information content (AvgIpc) is 2.67.